The Bertz CT molecular complexity index is 400. The van der Waals surface area contributed by atoms with Crippen LogP contribution in [0.15, 0.2) is 4.99 Å². The van der Waals surface area contributed by atoms with Crippen LogP contribution in [0.2, 0.25) is 0 Å². The van der Waals surface area contributed by atoms with Crippen molar-refractivity contribution in [2.24, 2.45) is 10.9 Å². The van der Waals surface area contributed by atoms with Crippen molar-refractivity contribution in [3.8, 4) is 0 Å². The Balaban J connectivity index is 0.00000361. The summed E-state index contributed by atoms with van der Waals surface area (Å²) in [6.07, 6.45) is 2.45. The molecule has 1 rings (SSSR count). The summed E-state index contributed by atoms with van der Waals surface area (Å²) < 4.78 is 25.1. The summed E-state index contributed by atoms with van der Waals surface area (Å²) in [6.45, 7) is 6.85. The molecule has 0 saturated carbocycles. The molecule has 1 fully saturated rings. The zero-order valence-corrected chi connectivity index (χ0v) is 15.7. The van der Waals surface area contributed by atoms with Gasteiger partial charge in [0.15, 0.2) is 5.96 Å². The fraction of sp³-hybridized carbons (Fsp3) is 0.917. The third-order valence-corrected chi connectivity index (χ3v) is 4.68. The summed E-state index contributed by atoms with van der Waals surface area (Å²) in [4.78, 5) is 6.49. The SMILES string of the molecule is CCS(=O)(=O)NCCNC(=NC)N1CCCC(C)C1.I. The minimum Gasteiger partial charge on any atom is -0.355 e. The van der Waals surface area contributed by atoms with Crippen LogP contribution in [0.3, 0.4) is 0 Å². The van der Waals surface area contributed by atoms with E-state index in [2.05, 4.69) is 26.9 Å². The Morgan fingerprint density at radius 3 is 2.65 bits per heavy atom. The van der Waals surface area contributed by atoms with Crippen molar-refractivity contribution in [2.75, 3.05) is 39.0 Å². The predicted molar refractivity (Wildman–Crippen MR) is 94.2 cm³/mol. The maximum atomic E-state index is 11.3. The van der Waals surface area contributed by atoms with Crippen LogP contribution in [0.1, 0.15) is 26.7 Å². The highest BCUT2D eigenvalue weighted by Gasteiger charge is 2.18. The molecule has 6 nitrogen and oxygen atoms in total. The van der Waals surface area contributed by atoms with E-state index in [1.165, 1.54) is 12.8 Å². The molecule has 1 heterocycles. The van der Waals surface area contributed by atoms with Gasteiger partial charge in [-0.1, -0.05) is 6.92 Å². The van der Waals surface area contributed by atoms with E-state index >= 15 is 0 Å². The van der Waals surface area contributed by atoms with Gasteiger partial charge in [0.05, 0.1) is 5.75 Å². The lowest BCUT2D eigenvalue weighted by molar-refractivity contribution is 0.266. The zero-order chi connectivity index (χ0) is 14.3. The highest BCUT2D eigenvalue weighted by molar-refractivity contribution is 14.0. The molecular formula is C12H27IN4O2S. The van der Waals surface area contributed by atoms with Crippen LogP contribution in [0.25, 0.3) is 0 Å². The summed E-state index contributed by atoms with van der Waals surface area (Å²) in [5.74, 6) is 1.67. The number of guanidine groups is 1. The molecule has 0 bridgehead atoms. The van der Waals surface area contributed by atoms with Crippen LogP contribution >= 0.6 is 24.0 Å². The molecule has 0 aliphatic carbocycles. The van der Waals surface area contributed by atoms with Crippen LogP contribution in [0, 0.1) is 5.92 Å². The summed E-state index contributed by atoms with van der Waals surface area (Å²) >= 11 is 0. The van der Waals surface area contributed by atoms with Crippen molar-refractivity contribution in [1.29, 1.82) is 0 Å². The van der Waals surface area contributed by atoms with Crippen LogP contribution in [0.4, 0.5) is 0 Å². The summed E-state index contributed by atoms with van der Waals surface area (Å²) in [6, 6.07) is 0. The lowest BCUT2D eigenvalue weighted by Gasteiger charge is -2.33. The molecule has 0 amide bonds. The number of piperidine rings is 1. The van der Waals surface area contributed by atoms with Crippen LogP contribution < -0.4 is 10.0 Å². The third-order valence-electron chi connectivity index (χ3n) is 3.28. The Kier molecular flexibility index (Phi) is 9.73. The number of rotatable bonds is 5. The molecular weight excluding hydrogens is 391 g/mol. The van der Waals surface area contributed by atoms with E-state index in [-0.39, 0.29) is 29.7 Å². The number of sulfonamides is 1. The van der Waals surface area contributed by atoms with Gasteiger partial charge in [0.2, 0.25) is 10.0 Å². The number of hydrogen-bond acceptors (Lipinski definition) is 3. The number of nitrogens with one attached hydrogen (secondary N) is 2. The molecule has 8 heteroatoms. The van der Waals surface area contributed by atoms with E-state index in [1.807, 2.05) is 0 Å². The van der Waals surface area contributed by atoms with E-state index in [0.29, 0.717) is 19.0 Å². The lowest BCUT2D eigenvalue weighted by atomic mass is 10.0. The normalized spacial score (nSPS) is 20.4. The molecule has 2 N–H and O–H groups in total. The molecule has 1 aliphatic heterocycles. The van der Waals surface area contributed by atoms with Gasteiger partial charge in [-0.2, -0.15) is 0 Å². The molecule has 1 saturated heterocycles. The fourth-order valence-corrected chi connectivity index (χ4v) is 2.81. The second-order valence-electron chi connectivity index (χ2n) is 4.97. The molecule has 0 aromatic heterocycles. The van der Waals surface area contributed by atoms with Gasteiger partial charge in [0.25, 0.3) is 0 Å². The number of nitrogens with zero attached hydrogens (tertiary/aromatic N) is 2. The predicted octanol–water partition coefficient (Wildman–Crippen LogP) is 0.851. The first-order valence-corrected chi connectivity index (χ1v) is 8.56. The Labute approximate surface area is 139 Å². The number of aliphatic imine (C=N–C) groups is 1. The van der Waals surface area contributed by atoms with Crippen molar-refractivity contribution in [3.05, 3.63) is 0 Å². The molecule has 0 aromatic rings. The van der Waals surface area contributed by atoms with Crippen LogP contribution in [-0.4, -0.2) is 58.3 Å². The average Bonchev–Trinajstić information content (AvgIpc) is 2.39. The first kappa shape index (κ1) is 19.9. The molecule has 20 heavy (non-hydrogen) atoms. The van der Waals surface area contributed by atoms with Crippen LogP contribution in [0.5, 0.6) is 0 Å². The first-order chi connectivity index (χ1) is 8.98. The highest BCUT2D eigenvalue weighted by Crippen LogP contribution is 2.15. The van der Waals surface area contributed by atoms with Gasteiger partial charge in [-0.05, 0) is 25.7 Å². The second kappa shape index (κ2) is 9.78. The average molecular weight is 418 g/mol. The van der Waals surface area contributed by atoms with Crippen molar-refractivity contribution in [1.82, 2.24) is 14.9 Å². The number of likely N-dealkylation sites (tertiary alicyclic amines) is 1. The van der Waals surface area contributed by atoms with Crippen LogP contribution in [-0.2, 0) is 10.0 Å². The molecule has 1 atom stereocenters. The number of hydrogen-bond donors (Lipinski definition) is 2. The topological polar surface area (TPSA) is 73.8 Å². The van der Waals surface area contributed by atoms with Gasteiger partial charge >= 0.3 is 0 Å². The second-order valence-corrected chi connectivity index (χ2v) is 7.06. The number of halogens is 1. The maximum absolute atomic E-state index is 11.3. The molecule has 0 radical (unpaired) electrons. The standard InChI is InChI=1S/C12H26N4O2S.HI/c1-4-19(17,18)15-8-7-14-12(13-3)16-9-5-6-11(2)10-16;/h11,15H,4-10H2,1-3H3,(H,13,14);1H. The summed E-state index contributed by atoms with van der Waals surface area (Å²) in [5.41, 5.74) is 0. The monoisotopic (exact) mass is 418 g/mol. The molecule has 1 unspecified atom stereocenters. The fourth-order valence-electron chi connectivity index (χ4n) is 2.20. The largest absolute Gasteiger partial charge is 0.355 e. The zero-order valence-electron chi connectivity index (χ0n) is 12.6. The van der Waals surface area contributed by atoms with E-state index < -0.39 is 10.0 Å². The van der Waals surface area contributed by atoms with Gasteiger partial charge in [0, 0.05) is 33.2 Å². The van der Waals surface area contributed by atoms with Crippen molar-refractivity contribution >= 4 is 40.0 Å². The van der Waals surface area contributed by atoms with Crippen molar-refractivity contribution < 1.29 is 8.42 Å². The summed E-state index contributed by atoms with van der Waals surface area (Å²) in [5, 5.41) is 3.21. The summed E-state index contributed by atoms with van der Waals surface area (Å²) in [7, 11) is -1.34. The van der Waals surface area contributed by atoms with Gasteiger partial charge in [-0.15, -0.1) is 24.0 Å². The minimum absolute atomic E-state index is 0. The van der Waals surface area contributed by atoms with E-state index in [0.717, 1.165) is 19.0 Å². The Hall–Kier alpha value is -0.0900. The maximum Gasteiger partial charge on any atom is 0.211 e. The Morgan fingerprint density at radius 1 is 1.40 bits per heavy atom. The van der Waals surface area contributed by atoms with Gasteiger partial charge in [-0.25, -0.2) is 13.1 Å². The smallest absolute Gasteiger partial charge is 0.211 e. The molecule has 1 aliphatic rings. The van der Waals surface area contributed by atoms with Crippen molar-refractivity contribution in [3.63, 3.8) is 0 Å². The lowest BCUT2D eigenvalue weighted by Crippen LogP contribution is -2.47. The van der Waals surface area contributed by atoms with E-state index in [4.69, 9.17) is 0 Å². The van der Waals surface area contributed by atoms with E-state index in [1.54, 1.807) is 14.0 Å². The first-order valence-electron chi connectivity index (χ1n) is 6.91. The van der Waals surface area contributed by atoms with E-state index in [9.17, 15) is 8.42 Å². The molecule has 0 spiro atoms. The van der Waals surface area contributed by atoms with Gasteiger partial charge in [0.1, 0.15) is 0 Å². The highest BCUT2D eigenvalue weighted by atomic mass is 127. The van der Waals surface area contributed by atoms with Crippen molar-refractivity contribution in [2.45, 2.75) is 26.7 Å². The quantitative estimate of drug-likeness (QED) is 0.301. The van der Waals surface area contributed by atoms with Gasteiger partial charge < -0.3 is 10.2 Å². The minimum atomic E-state index is -3.10. The molecule has 0 aromatic carbocycles. The third kappa shape index (κ3) is 7.07. The van der Waals surface area contributed by atoms with Gasteiger partial charge in [-0.3, -0.25) is 4.99 Å². The Morgan fingerprint density at radius 2 is 2.10 bits per heavy atom. The molecule has 120 valence electrons.